The molecule has 0 aliphatic carbocycles. The summed E-state index contributed by atoms with van der Waals surface area (Å²) < 4.78 is 1.65. The van der Waals surface area contributed by atoms with E-state index in [9.17, 15) is 9.59 Å². The van der Waals surface area contributed by atoms with Gasteiger partial charge >= 0.3 is 0 Å². The zero-order valence-electron chi connectivity index (χ0n) is 16.0. The Kier molecular flexibility index (Phi) is 5.95. The first-order chi connectivity index (χ1) is 13.4. The summed E-state index contributed by atoms with van der Waals surface area (Å²) in [4.78, 5) is 27.7. The Morgan fingerprint density at radius 1 is 1.25 bits per heavy atom. The average molecular weight is 396 g/mol. The Morgan fingerprint density at radius 2 is 1.96 bits per heavy atom. The SMILES string of the molecule is C=CCN(Cc1ccc(C)cc1)C(=O)c1nn(CC)c2ccc(Cl)cc2c1=O. The number of carbonyl (C=O) groups excluding carboxylic acids is 1. The van der Waals surface area contributed by atoms with Gasteiger partial charge < -0.3 is 4.90 Å². The summed E-state index contributed by atoms with van der Waals surface area (Å²) in [5.74, 6) is -0.422. The van der Waals surface area contributed by atoms with E-state index in [4.69, 9.17) is 11.6 Å². The molecule has 0 saturated carbocycles. The fraction of sp³-hybridized carbons (Fsp3) is 0.227. The van der Waals surface area contributed by atoms with E-state index in [-0.39, 0.29) is 5.69 Å². The average Bonchev–Trinajstić information content (AvgIpc) is 2.69. The maximum atomic E-state index is 13.2. The first kappa shape index (κ1) is 19.8. The van der Waals surface area contributed by atoms with Gasteiger partial charge in [-0.1, -0.05) is 47.5 Å². The second-order valence-electron chi connectivity index (χ2n) is 6.61. The first-order valence-electron chi connectivity index (χ1n) is 9.10. The summed E-state index contributed by atoms with van der Waals surface area (Å²) in [6.07, 6.45) is 1.64. The number of fused-ring (bicyclic) bond motifs is 1. The third-order valence-electron chi connectivity index (χ3n) is 4.55. The minimum Gasteiger partial charge on any atom is -0.329 e. The molecule has 0 spiro atoms. The zero-order chi connectivity index (χ0) is 20.3. The van der Waals surface area contributed by atoms with Crippen molar-refractivity contribution in [2.45, 2.75) is 26.9 Å². The lowest BCUT2D eigenvalue weighted by Crippen LogP contribution is -2.36. The Bertz CT molecular complexity index is 1090. The van der Waals surface area contributed by atoms with E-state index in [0.29, 0.717) is 35.6 Å². The van der Waals surface area contributed by atoms with E-state index in [1.807, 2.05) is 38.1 Å². The van der Waals surface area contributed by atoms with E-state index in [1.54, 1.807) is 33.9 Å². The minimum absolute atomic E-state index is 0.106. The number of halogens is 1. The van der Waals surface area contributed by atoms with Crippen molar-refractivity contribution in [3.05, 3.63) is 87.2 Å². The van der Waals surface area contributed by atoms with Gasteiger partial charge in [-0.3, -0.25) is 14.3 Å². The second kappa shape index (κ2) is 8.40. The molecule has 0 atom stereocenters. The highest BCUT2D eigenvalue weighted by atomic mass is 35.5. The van der Waals surface area contributed by atoms with Gasteiger partial charge in [0.2, 0.25) is 5.43 Å². The first-order valence-corrected chi connectivity index (χ1v) is 9.48. The third-order valence-corrected chi connectivity index (χ3v) is 4.79. The Labute approximate surface area is 168 Å². The van der Waals surface area contributed by atoms with E-state index in [1.165, 1.54) is 0 Å². The number of carbonyl (C=O) groups is 1. The highest BCUT2D eigenvalue weighted by Gasteiger charge is 2.22. The monoisotopic (exact) mass is 395 g/mol. The number of benzene rings is 2. The number of hydrogen-bond acceptors (Lipinski definition) is 3. The van der Waals surface area contributed by atoms with Gasteiger partial charge in [-0.05, 0) is 37.6 Å². The van der Waals surface area contributed by atoms with Crippen LogP contribution in [0.4, 0.5) is 0 Å². The molecule has 1 aromatic heterocycles. The van der Waals surface area contributed by atoms with Crippen LogP contribution in [0.2, 0.25) is 5.02 Å². The molecular formula is C22H22ClN3O2. The highest BCUT2D eigenvalue weighted by molar-refractivity contribution is 6.31. The summed E-state index contributed by atoms with van der Waals surface area (Å²) in [6, 6.07) is 13.0. The zero-order valence-corrected chi connectivity index (χ0v) is 16.7. The van der Waals surface area contributed by atoms with Crippen molar-refractivity contribution < 1.29 is 4.79 Å². The normalized spacial score (nSPS) is 10.8. The molecule has 0 radical (unpaired) electrons. The lowest BCUT2D eigenvalue weighted by Gasteiger charge is -2.21. The van der Waals surface area contributed by atoms with Crippen LogP contribution in [0, 0.1) is 6.92 Å². The molecule has 144 valence electrons. The van der Waals surface area contributed by atoms with Crippen LogP contribution in [0.1, 0.15) is 28.5 Å². The van der Waals surface area contributed by atoms with Crippen LogP contribution >= 0.6 is 11.6 Å². The van der Waals surface area contributed by atoms with Crippen LogP contribution in [0.5, 0.6) is 0 Å². The summed E-state index contributed by atoms with van der Waals surface area (Å²) in [7, 11) is 0. The molecule has 3 aromatic rings. The number of amides is 1. The lowest BCUT2D eigenvalue weighted by atomic mass is 10.1. The van der Waals surface area contributed by atoms with Crippen LogP contribution in [-0.4, -0.2) is 27.1 Å². The van der Waals surface area contributed by atoms with E-state index in [0.717, 1.165) is 11.1 Å². The highest BCUT2D eigenvalue weighted by Crippen LogP contribution is 2.17. The Balaban J connectivity index is 2.06. The summed E-state index contributed by atoms with van der Waals surface area (Å²) >= 11 is 6.07. The van der Waals surface area contributed by atoms with Crippen molar-refractivity contribution in [1.82, 2.24) is 14.7 Å². The van der Waals surface area contributed by atoms with Crippen LogP contribution < -0.4 is 5.43 Å². The fourth-order valence-electron chi connectivity index (χ4n) is 3.08. The van der Waals surface area contributed by atoms with Crippen LogP contribution in [0.15, 0.2) is 59.9 Å². The fourth-order valence-corrected chi connectivity index (χ4v) is 3.25. The molecule has 1 amide bonds. The maximum Gasteiger partial charge on any atom is 0.278 e. The number of hydrogen-bond donors (Lipinski definition) is 0. The Hall–Kier alpha value is -2.92. The van der Waals surface area contributed by atoms with Crippen LogP contribution in [0.3, 0.4) is 0 Å². The molecule has 0 aliphatic heterocycles. The van der Waals surface area contributed by atoms with E-state index >= 15 is 0 Å². The number of rotatable bonds is 6. The maximum absolute atomic E-state index is 13.2. The van der Waals surface area contributed by atoms with Gasteiger partial charge in [0.05, 0.1) is 10.9 Å². The third kappa shape index (κ3) is 3.99. The van der Waals surface area contributed by atoms with Crippen molar-refractivity contribution in [3.8, 4) is 0 Å². The predicted octanol–water partition coefficient (Wildman–Crippen LogP) is 4.21. The predicted molar refractivity (Wildman–Crippen MR) is 113 cm³/mol. The summed E-state index contributed by atoms with van der Waals surface area (Å²) in [5.41, 5.74) is 2.25. The Morgan fingerprint density at radius 3 is 2.61 bits per heavy atom. The van der Waals surface area contributed by atoms with Crippen molar-refractivity contribution in [3.63, 3.8) is 0 Å². The summed E-state index contributed by atoms with van der Waals surface area (Å²) in [5, 5.41) is 5.18. The van der Waals surface area contributed by atoms with Crippen molar-refractivity contribution in [2.75, 3.05) is 6.54 Å². The van der Waals surface area contributed by atoms with E-state index in [2.05, 4.69) is 11.7 Å². The van der Waals surface area contributed by atoms with E-state index < -0.39 is 11.3 Å². The molecule has 0 saturated heterocycles. The molecule has 0 fully saturated rings. The van der Waals surface area contributed by atoms with Crippen molar-refractivity contribution in [1.29, 1.82) is 0 Å². The number of nitrogens with zero attached hydrogens (tertiary/aromatic N) is 3. The summed E-state index contributed by atoms with van der Waals surface area (Å²) in [6.45, 7) is 8.86. The molecule has 0 bridgehead atoms. The smallest absolute Gasteiger partial charge is 0.278 e. The van der Waals surface area contributed by atoms with Crippen LogP contribution in [-0.2, 0) is 13.1 Å². The molecule has 1 heterocycles. The molecule has 0 unspecified atom stereocenters. The number of aryl methyl sites for hydroxylation is 2. The van der Waals surface area contributed by atoms with Crippen molar-refractivity contribution in [2.24, 2.45) is 0 Å². The molecule has 0 aliphatic rings. The van der Waals surface area contributed by atoms with Gasteiger partial charge in [0.15, 0.2) is 5.69 Å². The largest absolute Gasteiger partial charge is 0.329 e. The molecule has 2 aromatic carbocycles. The van der Waals surface area contributed by atoms with Gasteiger partial charge in [-0.2, -0.15) is 5.10 Å². The van der Waals surface area contributed by atoms with Gasteiger partial charge in [-0.25, -0.2) is 0 Å². The van der Waals surface area contributed by atoms with Gasteiger partial charge in [0.1, 0.15) is 0 Å². The minimum atomic E-state index is -0.422. The topological polar surface area (TPSA) is 55.2 Å². The van der Waals surface area contributed by atoms with Crippen molar-refractivity contribution >= 4 is 28.4 Å². The molecular weight excluding hydrogens is 374 g/mol. The lowest BCUT2D eigenvalue weighted by molar-refractivity contribution is 0.0753. The van der Waals surface area contributed by atoms with Gasteiger partial charge in [0.25, 0.3) is 5.91 Å². The molecule has 0 N–H and O–H groups in total. The standard InChI is InChI=1S/C22H22ClN3O2/c1-4-12-25(14-16-8-6-15(3)7-9-16)22(28)20-21(27)18-13-17(23)10-11-19(18)26(5-2)24-20/h4,6-11,13H,1,5,12,14H2,2-3H3. The van der Waals surface area contributed by atoms with Gasteiger partial charge in [-0.15, -0.1) is 6.58 Å². The van der Waals surface area contributed by atoms with Crippen LogP contribution in [0.25, 0.3) is 10.9 Å². The molecule has 5 nitrogen and oxygen atoms in total. The molecule has 3 rings (SSSR count). The molecule has 6 heteroatoms. The van der Waals surface area contributed by atoms with Gasteiger partial charge in [0, 0.05) is 24.7 Å². The quantitative estimate of drug-likeness (QED) is 0.587. The molecule has 28 heavy (non-hydrogen) atoms. The second-order valence-corrected chi connectivity index (χ2v) is 7.05. The number of aromatic nitrogens is 2.